The Morgan fingerprint density at radius 3 is 2.52 bits per heavy atom. The van der Waals surface area contributed by atoms with Gasteiger partial charge in [0.05, 0.1) is 13.2 Å². The molecular weight excluding hydrogens is 427 g/mol. The van der Waals surface area contributed by atoms with Gasteiger partial charge in [-0.2, -0.15) is 0 Å². The molecule has 142 valence electrons. The predicted octanol–water partition coefficient (Wildman–Crippen LogP) is 2.64. The molecule has 6 heteroatoms. The maximum atomic E-state index is 5.37. The zero-order valence-corrected chi connectivity index (χ0v) is 17.9. The number of nitrogens with zero attached hydrogens (tertiary/aromatic N) is 2. The molecule has 0 aliphatic carbocycles. The Morgan fingerprint density at radius 1 is 1.12 bits per heavy atom. The summed E-state index contributed by atoms with van der Waals surface area (Å²) in [6.45, 7) is 9.06. The number of hydrogen-bond acceptors (Lipinski definition) is 3. The number of hydrogen-bond donors (Lipinski definition) is 2. The topological polar surface area (TPSA) is 48.9 Å². The van der Waals surface area contributed by atoms with Gasteiger partial charge in [-0.05, 0) is 36.9 Å². The van der Waals surface area contributed by atoms with Gasteiger partial charge in [-0.1, -0.05) is 31.2 Å². The second-order valence-corrected chi connectivity index (χ2v) is 6.14. The normalized spacial score (nSPS) is 15.5. The van der Waals surface area contributed by atoms with Crippen molar-refractivity contribution in [2.75, 3.05) is 46.4 Å². The largest absolute Gasteiger partial charge is 0.379 e. The van der Waals surface area contributed by atoms with Crippen LogP contribution in [0.4, 0.5) is 0 Å². The number of ether oxygens (including phenoxy) is 1. The molecular formula is C19H33IN4O. The lowest BCUT2D eigenvalue weighted by molar-refractivity contribution is 0.0372. The number of rotatable bonds is 8. The maximum Gasteiger partial charge on any atom is 0.191 e. The minimum atomic E-state index is 0. The Labute approximate surface area is 169 Å². The van der Waals surface area contributed by atoms with Gasteiger partial charge in [-0.25, -0.2) is 0 Å². The first-order valence-electron chi connectivity index (χ1n) is 9.15. The lowest BCUT2D eigenvalue weighted by Crippen LogP contribution is -2.38. The fraction of sp³-hybridized carbons (Fsp3) is 0.632. The molecule has 0 radical (unpaired) electrons. The molecule has 1 heterocycles. The van der Waals surface area contributed by atoms with Crippen LogP contribution in [0.15, 0.2) is 29.3 Å². The summed E-state index contributed by atoms with van der Waals surface area (Å²) in [4.78, 5) is 6.80. The smallest absolute Gasteiger partial charge is 0.191 e. The first-order chi connectivity index (χ1) is 11.8. The summed E-state index contributed by atoms with van der Waals surface area (Å²) in [6.07, 6.45) is 3.43. The zero-order chi connectivity index (χ0) is 17.0. The fourth-order valence-corrected chi connectivity index (χ4v) is 2.97. The Bertz CT molecular complexity index is 504. The van der Waals surface area contributed by atoms with Crippen LogP contribution < -0.4 is 10.6 Å². The monoisotopic (exact) mass is 460 g/mol. The quantitative estimate of drug-likeness (QED) is 0.271. The lowest BCUT2D eigenvalue weighted by atomic mass is 10.1. The van der Waals surface area contributed by atoms with Crippen molar-refractivity contribution < 1.29 is 4.74 Å². The average Bonchev–Trinajstić information content (AvgIpc) is 2.65. The number of morpholine rings is 1. The van der Waals surface area contributed by atoms with Gasteiger partial charge in [0.1, 0.15) is 0 Å². The van der Waals surface area contributed by atoms with Crippen molar-refractivity contribution in [3.8, 4) is 0 Å². The van der Waals surface area contributed by atoms with Crippen molar-refractivity contribution in [3.05, 3.63) is 35.4 Å². The Hall–Kier alpha value is -0.860. The van der Waals surface area contributed by atoms with E-state index in [1.54, 1.807) is 0 Å². The van der Waals surface area contributed by atoms with Crippen molar-refractivity contribution in [3.63, 3.8) is 0 Å². The van der Waals surface area contributed by atoms with Crippen molar-refractivity contribution in [2.45, 2.75) is 32.7 Å². The summed E-state index contributed by atoms with van der Waals surface area (Å²) in [5.41, 5.74) is 2.74. The minimum absolute atomic E-state index is 0. The summed E-state index contributed by atoms with van der Waals surface area (Å²) in [6, 6.07) is 8.57. The summed E-state index contributed by atoms with van der Waals surface area (Å²) < 4.78 is 5.37. The molecule has 1 aromatic carbocycles. The van der Waals surface area contributed by atoms with Gasteiger partial charge in [-0.15, -0.1) is 24.0 Å². The van der Waals surface area contributed by atoms with Crippen LogP contribution in [-0.2, 0) is 17.7 Å². The van der Waals surface area contributed by atoms with Crippen LogP contribution in [0.2, 0.25) is 0 Å². The standard InChI is InChI=1S/C19H32N4O.HI/c1-3-17-8-4-5-9-18(17)16-22-19(20-2)21-10-6-7-11-23-12-14-24-15-13-23;/h4-5,8-9H,3,6-7,10-16H2,1-2H3,(H2,20,21,22);1H. The molecule has 0 atom stereocenters. The van der Waals surface area contributed by atoms with E-state index in [0.29, 0.717) is 0 Å². The Morgan fingerprint density at radius 2 is 1.84 bits per heavy atom. The number of benzene rings is 1. The number of guanidine groups is 1. The van der Waals surface area contributed by atoms with Gasteiger partial charge >= 0.3 is 0 Å². The van der Waals surface area contributed by atoms with Crippen LogP contribution in [-0.4, -0.2) is 57.3 Å². The zero-order valence-electron chi connectivity index (χ0n) is 15.6. The molecule has 0 unspecified atom stereocenters. The number of aliphatic imine (C=N–C) groups is 1. The van der Waals surface area contributed by atoms with Crippen molar-refractivity contribution in [2.24, 2.45) is 4.99 Å². The molecule has 1 aromatic rings. The second-order valence-electron chi connectivity index (χ2n) is 6.14. The van der Waals surface area contributed by atoms with Crippen molar-refractivity contribution >= 4 is 29.9 Å². The highest BCUT2D eigenvalue weighted by molar-refractivity contribution is 14.0. The summed E-state index contributed by atoms with van der Waals surface area (Å²) >= 11 is 0. The molecule has 1 aliphatic rings. The van der Waals surface area contributed by atoms with E-state index in [2.05, 4.69) is 51.7 Å². The number of halogens is 1. The van der Waals surface area contributed by atoms with E-state index < -0.39 is 0 Å². The van der Waals surface area contributed by atoms with Crippen LogP contribution >= 0.6 is 24.0 Å². The van der Waals surface area contributed by atoms with Crippen LogP contribution in [0, 0.1) is 0 Å². The third-order valence-corrected chi connectivity index (χ3v) is 4.47. The third-order valence-electron chi connectivity index (χ3n) is 4.47. The van der Waals surface area contributed by atoms with Crippen LogP contribution in [0.1, 0.15) is 30.9 Å². The highest BCUT2D eigenvalue weighted by atomic mass is 127. The van der Waals surface area contributed by atoms with Gasteiger partial charge in [0.25, 0.3) is 0 Å². The first-order valence-corrected chi connectivity index (χ1v) is 9.15. The van der Waals surface area contributed by atoms with E-state index in [1.165, 1.54) is 24.1 Å². The van der Waals surface area contributed by atoms with E-state index in [1.807, 2.05) is 7.05 Å². The highest BCUT2D eigenvalue weighted by Crippen LogP contribution is 2.08. The summed E-state index contributed by atoms with van der Waals surface area (Å²) in [5, 5.41) is 6.82. The summed E-state index contributed by atoms with van der Waals surface area (Å²) in [5.74, 6) is 0.882. The molecule has 0 amide bonds. The molecule has 25 heavy (non-hydrogen) atoms. The molecule has 1 fully saturated rings. The molecule has 2 N–H and O–H groups in total. The van der Waals surface area contributed by atoms with E-state index >= 15 is 0 Å². The number of unbranched alkanes of at least 4 members (excludes halogenated alkanes) is 1. The predicted molar refractivity (Wildman–Crippen MR) is 116 cm³/mol. The molecule has 0 aromatic heterocycles. The Balaban J connectivity index is 0.00000312. The molecule has 5 nitrogen and oxygen atoms in total. The second kappa shape index (κ2) is 13.4. The minimum Gasteiger partial charge on any atom is -0.379 e. The first kappa shape index (κ1) is 22.2. The van der Waals surface area contributed by atoms with E-state index in [-0.39, 0.29) is 24.0 Å². The Kier molecular flexibility index (Phi) is 11.9. The molecule has 1 saturated heterocycles. The van der Waals surface area contributed by atoms with E-state index in [9.17, 15) is 0 Å². The third kappa shape index (κ3) is 8.37. The van der Waals surface area contributed by atoms with Crippen LogP contribution in [0.3, 0.4) is 0 Å². The van der Waals surface area contributed by atoms with Gasteiger partial charge in [0.15, 0.2) is 5.96 Å². The van der Waals surface area contributed by atoms with Crippen molar-refractivity contribution in [1.82, 2.24) is 15.5 Å². The SMILES string of the molecule is CCc1ccccc1CNC(=NC)NCCCCN1CCOCC1.I. The average molecular weight is 460 g/mol. The molecule has 2 rings (SSSR count). The fourth-order valence-electron chi connectivity index (χ4n) is 2.97. The van der Waals surface area contributed by atoms with Gasteiger partial charge in [-0.3, -0.25) is 9.89 Å². The molecule has 0 spiro atoms. The van der Waals surface area contributed by atoms with Gasteiger partial charge in [0, 0.05) is 33.2 Å². The van der Waals surface area contributed by atoms with Gasteiger partial charge in [0.2, 0.25) is 0 Å². The highest BCUT2D eigenvalue weighted by Gasteiger charge is 2.09. The van der Waals surface area contributed by atoms with Crippen molar-refractivity contribution in [1.29, 1.82) is 0 Å². The number of aryl methyl sites for hydroxylation is 1. The van der Waals surface area contributed by atoms with Crippen LogP contribution in [0.25, 0.3) is 0 Å². The summed E-state index contributed by atoms with van der Waals surface area (Å²) in [7, 11) is 1.83. The number of nitrogens with one attached hydrogen (secondary N) is 2. The van der Waals surface area contributed by atoms with Gasteiger partial charge < -0.3 is 15.4 Å². The maximum absolute atomic E-state index is 5.37. The van der Waals surface area contributed by atoms with E-state index in [0.717, 1.165) is 58.2 Å². The van der Waals surface area contributed by atoms with E-state index in [4.69, 9.17) is 4.74 Å². The lowest BCUT2D eigenvalue weighted by Gasteiger charge is -2.26. The molecule has 0 saturated carbocycles. The molecule has 0 bridgehead atoms. The van der Waals surface area contributed by atoms with Crippen LogP contribution in [0.5, 0.6) is 0 Å². The molecule has 1 aliphatic heterocycles.